The van der Waals surface area contributed by atoms with Gasteiger partial charge in [-0.3, -0.25) is 0 Å². The van der Waals surface area contributed by atoms with Gasteiger partial charge in [-0.25, -0.2) is 0 Å². The van der Waals surface area contributed by atoms with Crippen LogP contribution in [0.15, 0.2) is 28.8 Å². The normalized spacial score (nSPS) is 10.7. The number of hydrogen-bond acceptors (Lipinski definition) is 5. The molecule has 0 spiro atoms. The zero-order valence-corrected chi connectivity index (χ0v) is 11.3. The molecule has 0 saturated heterocycles. The van der Waals surface area contributed by atoms with Gasteiger partial charge in [-0.15, -0.1) is 0 Å². The average molecular weight is 283 g/mol. The molecule has 0 saturated carbocycles. The smallest absolute Gasteiger partial charge is 0.162 e. The van der Waals surface area contributed by atoms with E-state index in [0.29, 0.717) is 35.4 Å². The number of methoxy groups -OCH3 is 1. The molecule has 2 N–H and O–H groups in total. The van der Waals surface area contributed by atoms with Crippen molar-refractivity contribution in [2.45, 2.75) is 19.8 Å². The Hall–Kier alpha value is -1.56. The van der Waals surface area contributed by atoms with E-state index in [2.05, 4.69) is 5.16 Å². The summed E-state index contributed by atoms with van der Waals surface area (Å²) in [5, 5.41) is 4.40. The van der Waals surface area contributed by atoms with Crippen LogP contribution < -0.4 is 10.5 Å². The van der Waals surface area contributed by atoms with Gasteiger partial charge in [-0.1, -0.05) is 22.8 Å². The van der Waals surface area contributed by atoms with Crippen LogP contribution in [0.3, 0.4) is 0 Å². The number of hydrogen-bond donors (Lipinski definition) is 1. The Morgan fingerprint density at radius 1 is 1.32 bits per heavy atom. The van der Waals surface area contributed by atoms with Crippen LogP contribution in [0.5, 0.6) is 5.75 Å². The summed E-state index contributed by atoms with van der Waals surface area (Å²) < 4.78 is 15.6. The summed E-state index contributed by atoms with van der Waals surface area (Å²) in [7, 11) is 1.59. The number of halogens is 1. The highest BCUT2D eigenvalue weighted by Gasteiger charge is 2.07. The Morgan fingerprint density at radius 3 is 2.84 bits per heavy atom. The van der Waals surface area contributed by atoms with E-state index in [-0.39, 0.29) is 6.61 Å². The van der Waals surface area contributed by atoms with Crippen molar-refractivity contribution in [2.75, 3.05) is 7.11 Å². The molecule has 1 aromatic heterocycles. The number of nitrogens with two attached hydrogens (primary N) is 1. The summed E-state index contributed by atoms with van der Waals surface area (Å²) in [5.41, 5.74) is 7.18. The molecule has 2 aromatic rings. The van der Waals surface area contributed by atoms with E-state index in [9.17, 15) is 0 Å². The number of aromatic nitrogens is 1. The van der Waals surface area contributed by atoms with Crippen molar-refractivity contribution in [1.82, 2.24) is 5.16 Å². The molecule has 19 heavy (non-hydrogen) atoms. The molecule has 0 bridgehead atoms. The molecule has 2 rings (SSSR count). The monoisotopic (exact) mass is 282 g/mol. The summed E-state index contributed by atoms with van der Waals surface area (Å²) >= 11 is 6.08. The Balaban J connectivity index is 1.97. The quantitative estimate of drug-likeness (QED) is 0.881. The first-order valence-corrected chi connectivity index (χ1v) is 6.15. The molecule has 1 heterocycles. The van der Waals surface area contributed by atoms with Crippen LogP contribution in [0, 0.1) is 0 Å². The zero-order chi connectivity index (χ0) is 13.7. The van der Waals surface area contributed by atoms with Gasteiger partial charge in [0.25, 0.3) is 0 Å². The van der Waals surface area contributed by atoms with E-state index in [1.165, 1.54) is 0 Å². The van der Waals surface area contributed by atoms with Crippen molar-refractivity contribution in [3.8, 4) is 5.75 Å². The molecule has 0 aliphatic carbocycles. The lowest BCUT2D eigenvalue weighted by Gasteiger charge is -2.07. The Morgan fingerprint density at radius 2 is 2.16 bits per heavy atom. The topological polar surface area (TPSA) is 70.5 Å². The van der Waals surface area contributed by atoms with E-state index in [1.807, 2.05) is 6.07 Å². The molecule has 0 aliphatic rings. The van der Waals surface area contributed by atoms with Gasteiger partial charge < -0.3 is 19.7 Å². The Labute approximate surface area is 116 Å². The standard InChI is InChI=1S/C13H15ClN2O3/c1-17-8-11-5-10(16-19-11)7-18-13-3-2-9(6-15)4-12(13)14/h2-5H,6-8,15H2,1H3. The third-order valence-corrected chi connectivity index (χ3v) is 2.80. The first-order chi connectivity index (χ1) is 9.22. The fourth-order valence-electron chi connectivity index (χ4n) is 1.57. The summed E-state index contributed by atoms with van der Waals surface area (Å²) in [6.07, 6.45) is 0. The fourth-order valence-corrected chi connectivity index (χ4v) is 1.83. The number of rotatable bonds is 6. The highest BCUT2D eigenvalue weighted by molar-refractivity contribution is 6.32. The summed E-state index contributed by atoms with van der Waals surface area (Å²) in [5.74, 6) is 1.25. The van der Waals surface area contributed by atoms with Crippen LogP contribution in [0.2, 0.25) is 5.02 Å². The summed E-state index contributed by atoms with van der Waals surface area (Å²) in [6.45, 7) is 1.12. The van der Waals surface area contributed by atoms with Gasteiger partial charge >= 0.3 is 0 Å². The van der Waals surface area contributed by atoms with Crippen LogP contribution in [0.4, 0.5) is 0 Å². The average Bonchev–Trinajstić information content (AvgIpc) is 2.85. The van der Waals surface area contributed by atoms with Gasteiger partial charge in [0.2, 0.25) is 0 Å². The SMILES string of the molecule is COCc1cc(COc2ccc(CN)cc2Cl)no1. The molecule has 0 unspecified atom stereocenters. The maximum Gasteiger partial charge on any atom is 0.162 e. The number of benzene rings is 1. The molecule has 0 fully saturated rings. The summed E-state index contributed by atoms with van der Waals surface area (Å²) in [6, 6.07) is 7.24. The lowest BCUT2D eigenvalue weighted by Crippen LogP contribution is -1.99. The minimum Gasteiger partial charge on any atom is -0.486 e. The second-order valence-corrected chi connectivity index (χ2v) is 4.38. The van der Waals surface area contributed by atoms with Crippen LogP contribution in [0.1, 0.15) is 17.0 Å². The third-order valence-electron chi connectivity index (χ3n) is 2.50. The molecule has 102 valence electrons. The second-order valence-electron chi connectivity index (χ2n) is 3.98. The lowest BCUT2D eigenvalue weighted by atomic mass is 10.2. The highest BCUT2D eigenvalue weighted by Crippen LogP contribution is 2.26. The maximum absolute atomic E-state index is 6.08. The maximum atomic E-state index is 6.08. The van der Waals surface area contributed by atoms with Gasteiger partial charge in [-0.2, -0.15) is 0 Å². The molecule has 6 heteroatoms. The minimum atomic E-state index is 0.287. The van der Waals surface area contributed by atoms with Crippen molar-refractivity contribution in [1.29, 1.82) is 0 Å². The van der Waals surface area contributed by atoms with Crippen LogP contribution >= 0.6 is 11.6 Å². The number of nitrogens with zero attached hydrogens (tertiary/aromatic N) is 1. The van der Waals surface area contributed by atoms with Crippen molar-refractivity contribution >= 4 is 11.6 Å². The van der Waals surface area contributed by atoms with Crippen molar-refractivity contribution in [3.63, 3.8) is 0 Å². The van der Waals surface area contributed by atoms with E-state index < -0.39 is 0 Å². The molecule has 0 atom stereocenters. The van der Waals surface area contributed by atoms with Gasteiger partial charge in [0, 0.05) is 19.7 Å². The Kier molecular flexibility index (Phi) is 4.79. The molecule has 0 amide bonds. The molecule has 0 radical (unpaired) electrons. The highest BCUT2D eigenvalue weighted by atomic mass is 35.5. The van der Waals surface area contributed by atoms with Gasteiger partial charge in [0.15, 0.2) is 5.76 Å². The van der Waals surface area contributed by atoms with Crippen molar-refractivity contribution in [2.24, 2.45) is 5.73 Å². The van der Waals surface area contributed by atoms with Crippen LogP contribution in [-0.2, 0) is 24.5 Å². The van der Waals surface area contributed by atoms with E-state index in [4.69, 9.17) is 31.3 Å². The zero-order valence-electron chi connectivity index (χ0n) is 10.6. The molecular formula is C13H15ClN2O3. The lowest BCUT2D eigenvalue weighted by molar-refractivity contribution is 0.155. The largest absolute Gasteiger partial charge is 0.486 e. The molecule has 5 nitrogen and oxygen atoms in total. The van der Waals surface area contributed by atoms with Crippen molar-refractivity contribution < 1.29 is 14.0 Å². The first-order valence-electron chi connectivity index (χ1n) is 5.77. The second kappa shape index (κ2) is 6.56. The van der Waals surface area contributed by atoms with Gasteiger partial charge in [0.05, 0.1) is 5.02 Å². The van der Waals surface area contributed by atoms with Crippen LogP contribution in [0.25, 0.3) is 0 Å². The third kappa shape index (κ3) is 3.70. The van der Waals surface area contributed by atoms with Crippen molar-refractivity contribution in [3.05, 3.63) is 46.3 Å². The first kappa shape index (κ1) is 13.9. The number of ether oxygens (including phenoxy) is 2. The predicted molar refractivity (Wildman–Crippen MR) is 70.9 cm³/mol. The molecular weight excluding hydrogens is 268 g/mol. The van der Waals surface area contributed by atoms with Gasteiger partial charge in [-0.05, 0) is 17.7 Å². The minimum absolute atomic E-state index is 0.287. The Bertz CT molecular complexity index is 542. The van der Waals surface area contributed by atoms with E-state index in [0.717, 1.165) is 5.56 Å². The predicted octanol–water partition coefficient (Wildman–Crippen LogP) is 2.51. The van der Waals surface area contributed by atoms with Gasteiger partial charge in [0.1, 0.15) is 24.7 Å². The van der Waals surface area contributed by atoms with Crippen LogP contribution in [-0.4, -0.2) is 12.3 Å². The van der Waals surface area contributed by atoms with E-state index >= 15 is 0 Å². The van der Waals surface area contributed by atoms with E-state index in [1.54, 1.807) is 25.3 Å². The molecule has 1 aromatic carbocycles. The fraction of sp³-hybridized carbons (Fsp3) is 0.308. The summed E-state index contributed by atoms with van der Waals surface area (Å²) in [4.78, 5) is 0. The molecule has 0 aliphatic heterocycles.